The van der Waals surface area contributed by atoms with Crippen LogP contribution in [0.1, 0.15) is 21.5 Å². The SMILES string of the molecule is COc1ccc(CNC(=O)c2ccc(CS(C)(=O)=O)cc2)cc1OC. The lowest BCUT2D eigenvalue weighted by atomic mass is 10.1. The molecular weight excluding hydrogens is 342 g/mol. The van der Waals surface area contributed by atoms with Crippen LogP contribution in [0.2, 0.25) is 0 Å². The third-order valence-electron chi connectivity index (χ3n) is 3.55. The van der Waals surface area contributed by atoms with Crippen molar-refractivity contribution in [1.29, 1.82) is 0 Å². The molecule has 0 radical (unpaired) electrons. The maximum absolute atomic E-state index is 12.2. The maximum atomic E-state index is 12.2. The van der Waals surface area contributed by atoms with Crippen molar-refractivity contribution in [3.8, 4) is 11.5 Å². The summed E-state index contributed by atoms with van der Waals surface area (Å²) >= 11 is 0. The van der Waals surface area contributed by atoms with E-state index in [9.17, 15) is 13.2 Å². The van der Waals surface area contributed by atoms with E-state index in [1.54, 1.807) is 50.6 Å². The predicted octanol–water partition coefficient (Wildman–Crippen LogP) is 2.18. The van der Waals surface area contributed by atoms with Gasteiger partial charge in [-0.25, -0.2) is 8.42 Å². The van der Waals surface area contributed by atoms with Crippen LogP contribution in [0.5, 0.6) is 11.5 Å². The minimum absolute atomic E-state index is 0.0411. The van der Waals surface area contributed by atoms with Gasteiger partial charge in [0, 0.05) is 18.4 Å². The summed E-state index contributed by atoms with van der Waals surface area (Å²) in [6.07, 6.45) is 1.18. The molecule has 1 N–H and O–H groups in total. The van der Waals surface area contributed by atoms with E-state index in [0.717, 1.165) is 5.56 Å². The fourth-order valence-corrected chi connectivity index (χ4v) is 3.13. The fourth-order valence-electron chi connectivity index (χ4n) is 2.33. The number of sulfone groups is 1. The Kier molecular flexibility index (Phi) is 6.03. The number of carbonyl (C=O) groups is 1. The van der Waals surface area contributed by atoms with Crippen molar-refractivity contribution in [2.75, 3.05) is 20.5 Å². The summed E-state index contributed by atoms with van der Waals surface area (Å²) in [5, 5.41) is 2.82. The van der Waals surface area contributed by atoms with Crippen molar-refractivity contribution in [2.24, 2.45) is 0 Å². The molecule has 0 unspecified atom stereocenters. The highest BCUT2D eigenvalue weighted by molar-refractivity contribution is 7.89. The number of amides is 1. The van der Waals surface area contributed by atoms with Gasteiger partial charge in [0.2, 0.25) is 0 Å². The Balaban J connectivity index is 2.00. The van der Waals surface area contributed by atoms with Crippen molar-refractivity contribution in [3.63, 3.8) is 0 Å². The van der Waals surface area contributed by atoms with E-state index in [0.29, 0.717) is 29.2 Å². The first-order valence-electron chi connectivity index (χ1n) is 7.58. The molecule has 2 aromatic carbocycles. The Morgan fingerprint density at radius 2 is 1.56 bits per heavy atom. The van der Waals surface area contributed by atoms with Crippen LogP contribution < -0.4 is 14.8 Å². The zero-order valence-corrected chi connectivity index (χ0v) is 15.2. The van der Waals surface area contributed by atoms with Crippen LogP contribution in [0.4, 0.5) is 0 Å². The number of ether oxygens (including phenoxy) is 2. The van der Waals surface area contributed by atoms with E-state index in [-0.39, 0.29) is 11.7 Å². The topological polar surface area (TPSA) is 81.7 Å². The second kappa shape index (κ2) is 8.02. The number of methoxy groups -OCH3 is 2. The van der Waals surface area contributed by atoms with Crippen LogP contribution >= 0.6 is 0 Å². The number of hydrogen-bond acceptors (Lipinski definition) is 5. The molecule has 0 spiro atoms. The number of carbonyl (C=O) groups excluding carboxylic acids is 1. The van der Waals surface area contributed by atoms with E-state index in [2.05, 4.69) is 5.32 Å². The molecule has 1 amide bonds. The molecule has 0 saturated carbocycles. The average Bonchev–Trinajstić information content (AvgIpc) is 2.58. The Hall–Kier alpha value is -2.54. The van der Waals surface area contributed by atoms with E-state index in [1.807, 2.05) is 6.07 Å². The van der Waals surface area contributed by atoms with Gasteiger partial charge in [-0.2, -0.15) is 0 Å². The van der Waals surface area contributed by atoms with Gasteiger partial charge in [0.15, 0.2) is 21.3 Å². The Morgan fingerprint density at radius 3 is 2.12 bits per heavy atom. The normalized spacial score (nSPS) is 11.0. The molecule has 0 aromatic heterocycles. The van der Waals surface area contributed by atoms with Crippen molar-refractivity contribution in [3.05, 3.63) is 59.2 Å². The number of hydrogen-bond donors (Lipinski definition) is 1. The molecule has 0 saturated heterocycles. The number of rotatable bonds is 7. The monoisotopic (exact) mass is 363 g/mol. The average molecular weight is 363 g/mol. The number of nitrogens with one attached hydrogen (secondary N) is 1. The molecule has 0 aliphatic rings. The van der Waals surface area contributed by atoms with Crippen LogP contribution in [-0.4, -0.2) is 34.8 Å². The minimum atomic E-state index is -3.09. The fraction of sp³-hybridized carbons (Fsp3) is 0.278. The third-order valence-corrected chi connectivity index (χ3v) is 4.40. The highest BCUT2D eigenvalue weighted by Gasteiger charge is 2.09. The molecule has 0 aliphatic carbocycles. The van der Waals surface area contributed by atoms with Crippen LogP contribution in [0, 0.1) is 0 Å². The largest absolute Gasteiger partial charge is 0.493 e. The lowest BCUT2D eigenvalue weighted by Gasteiger charge is -2.10. The second-order valence-electron chi connectivity index (χ2n) is 5.64. The summed E-state index contributed by atoms with van der Waals surface area (Å²) in [5.41, 5.74) is 2.00. The summed E-state index contributed by atoms with van der Waals surface area (Å²) in [5.74, 6) is 0.944. The van der Waals surface area contributed by atoms with Crippen LogP contribution in [0.15, 0.2) is 42.5 Å². The molecule has 0 atom stereocenters. The molecule has 0 fully saturated rings. The first-order chi connectivity index (χ1) is 11.8. The second-order valence-corrected chi connectivity index (χ2v) is 7.78. The van der Waals surface area contributed by atoms with E-state index >= 15 is 0 Å². The first-order valence-corrected chi connectivity index (χ1v) is 9.64. The summed E-state index contributed by atoms with van der Waals surface area (Å²) in [6, 6.07) is 11.9. The molecule has 0 heterocycles. The summed E-state index contributed by atoms with van der Waals surface area (Å²) in [6.45, 7) is 0.338. The van der Waals surface area contributed by atoms with Gasteiger partial charge in [-0.1, -0.05) is 18.2 Å². The highest BCUT2D eigenvalue weighted by Crippen LogP contribution is 2.27. The summed E-state index contributed by atoms with van der Waals surface area (Å²) < 4.78 is 33.0. The van der Waals surface area contributed by atoms with Gasteiger partial charge >= 0.3 is 0 Å². The van der Waals surface area contributed by atoms with Gasteiger partial charge < -0.3 is 14.8 Å². The van der Waals surface area contributed by atoms with Gasteiger partial charge in [0.1, 0.15) is 0 Å². The van der Waals surface area contributed by atoms with Crippen LogP contribution in [-0.2, 0) is 22.1 Å². The lowest BCUT2D eigenvalue weighted by molar-refractivity contribution is 0.0951. The maximum Gasteiger partial charge on any atom is 0.251 e. The quantitative estimate of drug-likeness (QED) is 0.815. The van der Waals surface area contributed by atoms with Crippen molar-refractivity contribution in [1.82, 2.24) is 5.32 Å². The Morgan fingerprint density at radius 1 is 0.960 bits per heavy atom. The Bertz CT molecular complexity index is 844. The smallest absolute Gasteiger partial charge is 0.251 e. The molecule has 2 rings (SSSR count). The third kappa shape index (κ3) is 5.49. The lowest BCUT2D eigenvalue weighted by Crippen LogP contribution is -2.22. The van der Waals surface area contributed by atoms with Crippen LogP contribution in [0.25, 0.3) is 0 Å². The molecule has 134 valence electrons. The minimum Gasteiger partial charge on any atom is -0.493 e. The van der Waals surface area contributed by atoms with E-state index < -0.39 is 9.84 Å². The van der Waals surface area contributed by atoms with Crippen molar-refractivity contribution < 1.29 is 22.7 Å². The van der Waals surface area contributed by atoms with Crippen molar-refractivity contribution in [2.45, 2.75) is 12.3 Å². The molecule has 6 nitrogen and oxygen atoms in total. The molecule has 25 heavy (non-hydrogen) atoms. The van der Waals surface area contributed by atoms with Gasteiger partial charge in [0.05, 0.1) is 20.0 Å². The van der Waals surface area contributed by atoms with Gasteiger partial charge in [-0.15, -0.1) is 0 Å². The number of benzene rings is 2. The molecule has 0 aliphatic heterocycles. The van der Waals surface area contributed by atoms with Gasteiger partial charge in [-0.05, 0) is 35.4 Å². The first kappa shape index (κ1) is 18.8. The Labute approximate surface area is 147 Å². The zero-order valence-electron chi connectivity index (χ0n) is 14.4. The van der Waals surface area contributed by atoms with E-state index in [1.165, 1.54) is 6.26 Å². The van der Waals surface area contributed by atoms with E-state index in [4.69, 9.17) is 9.47 Å². The molecule has 7 heteroatoms. The van der Waals surface area contributed by atoms with Crippen molar-refractivity contribution >= 4 is 15.7 Å². The van der Waals surface area contributed by atoms with Crippen LogP contribution in [0.3, 0.4) is 0 Å². The van der Waals surface area contributed by atoms with Gasteiger partial charge in [-0.3, -0.25) is 4.79 Å². The van der Waals surface area contributed by atoms with Gasteiger partial charge in [0.25, 0.3) is 5.91 Å². The summed E-state index contributed by atoms with van der Waals surface area (Å²) in [7, 11) is 0.0245. The molecule has 2 aromatic rings. The predicted molar refractivity (Wildman–Crippen MR) is 95.7 cm³/mol. The molecular formula is C18H21NO5S. The zero-order chi connectivity index (χ0) is 18.4. The summed E-state index contributed by atoms with van der Waals surface area (Å²) in [4.78, 5) is 12.2. The molecule has 0 bridgehead atoms. The highest BCUT2D eigenvalue weighted by atomic mass is 32.2. The standard InChI is InChI=1S/C18H21NO5S/c1-23-16-9-6-14(10-17(16)24-2)11-19-18(20)15-7-4-13(5-8-15)12-25(3,21)22/h4-10H,11-12H2,1-3H3,(H,19,20).